The predicted octanol–water partition coefficient (Wildman–Crippen LogP) is 3.66. The number of nitrogens with one attached hydrogen (secondary N) is 1. The van der Waals surface area contributed by atoms with E-state index >= 15 is 0 Å². The van der Waals surface area contributed by atoms with E-state index in [1.807, 2.05) is 42.5 Å². The Morgan fingerprint density at radius 3 is 2.63 bits per heavy atom. The van der Waals surface area contributed by atoms with Gasteiger partial charge in [-0.25, -0.2) is 5.43 Å². The van der Waals surface area contributed by atoms with E-state index in [1.165, 1.54) is 0 Å². The van der Waals surface area contributed by atoms with Gasteiger partial charge in [-0.3, -0.25) is 5.84 Å². The Balaban J connectivity index is 2.46. The van der Waals surface area contributed by atoms with E-state index in [1.54, 1.807) is 7.11 Å². The highest BCUT2D eigenvalue weighted by Crippen LogP contribution is 2.32. The molecule has 19 heavy (non-hydrogen) atoms. The Morgan fingerprint density at radius 1 is 1.26 bits per heavy atom. The van der Waals surface area contributed by atoms with Crippen LogP contribution in [0, 0.1) is 0 Å². The maximum atomic E-state index is 6.01. The molecule has 3 nitrogen and oxygen atoms in total. The predicted molar refractivity (Wildman–Crippen MR) is 81.3 cm³/mol. The Morgan fingerprint density at radius 2 is 2.00 bits per heavy atom. The monoisotopic (exact) mass is 340 g/mol. The molecule has 0 amide bonds. The lowest BCUT2D eigenvalue weighted by atomic mass is 9.98. The first-order valence-electron chi connectivity index (χ1n) is 5.71. The summed E-state index contributed by atoms with van der Waals surface area (Å²) in [6.45, 7) is 0. The molecule has 2 aromatic rings. The van der Waals surface area contributed by atoms with E-state index in [-0.39, 0.29) is 6.04 Å². The summed E-state index contributed by atoms with van der Waals surface area (Å²) < 4.78 is 6.21. The molecule has 1 atom stereocenters. The summed E-state index contributed by atoms with van der Waals surface area (Å²) in [5, 5.41) is 0.666. The van der Waals surface area contributed by atoms with Crippen LogP contribution in [0.5, 0.6) is 5.75 Å². The summed E-state index contributed by atoms with van der Waals surface area (Å²) in [4.78, 5) is 0. The van der Waals surface area contributed by atoms with Crippen LogP contribution in [0.2, 0.25) is 5.02 Å². The van der Waals surface area contributed by atoms with Gasteiger partial charge in [0.15, 0.2) is 0 Å². The van der Waals surface area contributed by atoms with Gasteiger partial charge in [0, 0.05) is 10.0 Å². The van der Waals surface area contributed by atoms with Gasteiger partial charge in [-0.05, 0) is 39.7 Å². The molecule has 0 radical (unpaired) electrons. The number of halogens is 2. The maximum absolute atomic E-state index is 6.01. The molecular formula is C14H14BrClN2O. The molecule has 2 rings (SSSR count). The molecule has 0 spiro atoms. The second-order valence-electron chi connectivity index (χ2n) is 4.02. The zero-order valence-electron chi connectivity index (χ0n) is 10.4. The Hall–Kier alpha value is -1.07. The first kappa shape index (κ1) is 14.3. The number of ether oxygens (including phenoxy) is 1. The molecule has 100 valence electrons. The van der Waals surface area contributed by atoms with Crippen LogP contribution in [0.25, 0.3) is 0 Å². The van der Waals surface area contributed by atoms with Crippen molar-refractivity contribution in [3.8, 4) is 5.75 Å². The average molecular weight is 342 g/mol. The van der Waals surface area contributed by atoms with Crippen molar-refractivity contribution in [1.29, 1.82) is 0 Å². The molecule has 5 heteroatoms. The molecular weight excluding hydrogens is 328 g/mol. The van der Waals surface area contributed by atoms with Crippen LogP contribution in [-0.4, -0.2) is 7.11 Å². The zero-order chi connectivity index (χ0) is 13.8. The highest BCUT2D eigenvalue weighted by atomic mass is 79.9. The molecule has 2 aromatic carbocycles. The van der Waals surface area contributed by atoms with Crippen molar-refractivity contribution in [2.24, 2.45) is 5.84 Å². The van der Waals surface area contributed by atoms with Gasteiger partial charge in [0.05, 0.1) is 18.2 Å². The van der Waals surface area contributed by atoms with Crippen molar-refractivity contribution in [3.05, 3.63) is 63.1 Å². The van der Waals surface area contributed by atoms with E-state index in [0.29, 0.717) is 5.02 Å². The fourth-order valence-electron chi connectivity index (χ4n) is 1.96. The van der Waals surface area contributed by atoms with Crippen molar-refractivity contribution >= 4 is 27.5 Å². The van der Waals surface area contributed by atoms with Crippen molar-refractivity contribution in [2.45, 2.75) is 6.04 Å². The summed E-state index contributed by atoms with van der Waals surface area (Å²) in [7, 11) is 1.64. The lowest BCUT2D eigenvalue weighted by molar-refractivity contribution is 0.404. The standard InChI is InChI=1S/C14H14BrClN2O/c1-19-13-5-3-2-4-10(13)14(18-17)9-6-7-12(16)11(15)8-9/h2-8,14,18H,17H2,1H3. The third kappa shape index (κ3) is 3.09. The van der Waals surface area contributed by atoms with Gasteiger partial charge in [-0.1, -0.05) is 35.9 Å². The van der Waals surface area contributed by atoms with E-state index < -0.39 is 0 Å². The van der Waals surface area contributed by atoms with Crippen molar-refractivity contribution in [3.63, 3.8) is 0 Å². The number of methoxy groups -OCH3 is 1. The highest BCUT2D eigenvalue weighted by Gasteiger charge is 2.17. The van der Waals surface area contributed by atoms with Crippen molar-refractivity contribution in [2.75, 3.05) is 7.11 Å². The quantitative estimate of drug-likeness (QED) is 0.659. The van der Waals surface area contributed by atoms with Crippen LogP contribution < -0.4 is 16.0 Å². The molecule has 3 N–H and O–H groups in total. The summed E-state index contributed by atoms with van der Waals surface area (Å²) in [5.41, 5.74) is 4.79. The number of benzene rings is 2. The molecule has 0 aliphatic carbocycles. The first-order valence-corrected chi connectivity index (χ1v) is 6.88. The smallest absolute Gasteiger partial charge is 0.124 e. The zero-order valence-corrected chi connectivity index (χ0v) is 12.7. The minimum Gasteiger partial charge on any atom is -0.496 e. The Labute approximate surface area is 125 Å². The Kier molecular flexibility index (Phi) is 4.82. The van der Waals surface area contributed by atoms with Crippen LogP contribution in [0.15, 0.2) is 46.9 Å². The van der Waals surface area contributed by atoms with Crippen LogP contribution >= 0.6 is 27.5 Å². The molecule has 0 aliphatic rings. The van der Waals surface area contributed by atoms with E-state index in [9.17, 15) is 0 Å². The highest BCUT2D eigenvalue weighted by molar-refractivity contribution is 9.10. The normalized spacial score (nSPS) is 12.2. The number of para-hydroxylation sites is 1. The van der Waals surface area contributed by atoms with Crippen LogP contribution in [-0.2, 0) is 0 Å². The first-order chi connectivity index (χ1) is 9.17. The third-order valence-electron chi connectivity index (χ3n) is 2.89. The van der Waals surface area contributed by atoms with E-state index in [2.05, 4.69) is 21.4 Å². The second-order valence-corrected chi connectivity index (χ2v) is 5.28. The fraction of sp³-hybridized carbons (Fsp3) is 0.143. The SMILES string of the molecule is COc1ccccc1C(NN)c1ccc(Cl)c(Br)c1. The van der Waals surface area contributed by atoms with Gasteiger partial charge in [-0.15, -0.1) is 0 Å². The lowest BCUT2D eigenvalue weighted by Crippen LogP contribution is -2.29. The van der Waals surface area contributed by atoms with Crippen LogP contribution in [0.1, 0.15) is 17.2 Å². The molecule has 0 aromatic heterocycles. The molecule has 0 bridgehead atoms. The molecule has 0 saturated heterocycles. The number of hydrazine groups is 1. The molecule has 0 heterocycles. The summed E-state index contributed by atoms with van der Waals surface area (Å²) >= 11 is 9.43. The number of rotatable bonds is 4. The van der Waals surface area contributed by atoms with Gasteiger partial charge in [0.25, 0.3) is 0 Å². The minimum absolute atomic E-state index is 0.162. The summed E-state index contributed by atoms with van der Waals surface area (Å²) in [6.07, 6.45) is 0. The fourth-order valence-corrected chi connectivity index (χ4v) is 2.48. The molecule has 0 fully saturated rings. The molecule has 1 unspecified atom stereocenters. The number of nitrogens with two attached hydrogens (primary N) is 1. The number of hydrogen-bond donors (Lipinski definition) is 2. The van der Waals surface area contributed by atoms with Gasteiger partial charge >= 0.3 is 0 Å². The Bertz CT molecular complexity index is 577. The topological polar surface area (TPSA) is 47.3 Å². The van der Waals surface area contributed by atoms with E-state index in [4.69, 9.17) is 22.2 Å². The minimum atomic E-state index is -0.162. The summed E-state index contributed by atoms with van der Waals surface area (Å²) in [6, 6.07) is 13.3. The average Bonchev–Trinajstić information content (AvgIpc) is 2.44. The third-order valence-corrected chi connectivity index (χ3v) is 4.11. The van der Waals surface area contributed by atoms with Crippen molar-refractivity contribution < 1.29 is 4.74 Å². The van der Waals surface area contributed by atoms with Crippen molar-refractivity contribution in [1.82, 2.24) is 5.43 Å². The van der Waals surface area contributed by atoms with E-state index in [0.717, 1.165) is 21.3 Å². The lowest BCUT2D eigenvalue weighted by Gasteiger charge is -2.20. The molecule has 0 aliphatic heterocycles. The second kappa shape index (κ2) is 6.39. The van der Waals surface area contributed by atoms with Crippen LogP contribution in [0.3, 0.4) is 0 Å². The van der Waals surface area contributed by atoms with Gasteiger partial charge in [0.2, 0.25) is 0 Å². The molecule has 0 saturated carbocycles. The number of hydrogen-bond acceptors (Lipinski definition) is 3. The van der Waals surface area contributed by atoms with Gasteiger partial charge < -0.3 is 4.74 Å². The van der Waals surface area contributed by atoms with Gasteiger partial charge in [0.1, 0.15) is 5.75 Å². The largest absolute Gasteiger partial charge is 0.496 e. The van der Waals surface area contributed by atoms with Gasteiger partial charge in [-0.2, -0.15) is 0 Å². The summed E-state index contributed by atoms with van der Waals surface area (Å²) in [5.74, 6) is 6.48. The van der Waals surface area contributed by atoms with Crippen LogP contribution in [0.4, 0.5) is 0 Å². The maximum Gasteiger partial charge on any atom is 0.124 e.